The first kappa shape index (κ1) is 14.8. The monoisotopic (exact) mass is 302 g/mol. The Balaban J connectivity index is 2.25. The van der Waals surface area contributed by atoms with Crippen LogP contribution in [0.4, 0.5) is 0 Å². The summed E-state index contributed by atoms with van der Waals surface area (Å²) >= 11 is 5.99. The molecule has 106 valence electrons. The van der Waals surface area contributed by atoms with E-state index in [-0.39, 0.29) is 17.0 Å². The summed E-state index contributed by atoms with van der Waals surface area (Å²) in [6.07, 6.45) is 1.83. The second-order valence-electron chi connectivity index (χ2n) is 4.98. The van der Waals surface area contributed by atoms with Gasteiger partial charge in [-0.05, 0) is 50.9 Å². The Labute approximate surface area is 119 Å². The normalized spacial score (nSPS) is 24.4. The minimum Gasteiger partial charge on any atom is -0.313 e. The van der Waals surface area contributed by atoms with Crippen molar-refractivity contribution in [3.63, 3.8) is 0 Å². The zero-order valence-electron chi connectivity index (χ0n) is 11.1. The molecule has 1 saturated heterocycles. The van der Waals surface area contributed by atoms with E-state index in [1.165, 1.54) is 0 Å². The molecule has 2 unspecified atom stereocenters. The molecule has 4 nitrogen and oxygen atoms in total. The van der Waals surface area contributed by atoms with Crippen LogP contribution < -0.4 is 10.0 Å². The summed E-state index contributed by atoms with van der Waals surface area (Å²) < 4.78 is 27.6. The summed E-state index contributed by atoms with van der Waals surface area (Å²) in [5, 5.41) is 3.75. The Bertz CT molecular complexity index is 560. The van der Waals surface area contributed by atoms with Crippen LogP contribution in [0.5, 0.6) is 0 Å². The predicted octanol–water partition coefficient (Wildman–Crippen LogP) is 2.07. The van der Waals surface area contributed by atoms with Crippen LogP contribution >= 0.6 is 11.6 Å². The molecule has 0 bridgehead atoms. The van der Waals surface area contributed by atoms with E-state index in [4.69, 9.17) is 11.6 Å². The molecule has 1 aliphatic heterocycles. The molecule has 6 heteroatoms. The maximum Gasteiger partial charge on any atom is 0.241 e. The van der Waals surface area contributed by atoms with Gasteiger partial charge in [0.25, 0.3) is 0 Å². The van der Waals surface area contributed by atoms with Crippen LogP contribution in [-0.2, 0) is 10.0 Å². The van der Waals surface area contributed by atoms with Crippen molar-refractivity contribution in [2.24, 2.45) is 0 Å². The number of piperidine rings is 1. The summed E-state index contributed by atoms with van der Waals surface area (Å²) in [7, 11) is -3.52. The average molecular weight is 303 g/mol. The van der Waals surface area contributed by atoms with E-state index < -0.39 is 10.0 Å². The number of hydrogen-bond acceptors (Lipinski definition) is 3. The number of benzene rings is 1. The molecule has 19 heavy (non-hydrogen) atoms. The van der Waals surface area contributed by atoms with Crippen LogP contribution in [0.15, 0.2) is 23.1 Å². The van der Waals surface area contributed by atoms with Crippen LogP contribution in [-0.4, -0.2) is 27.0 Å². The maximum atomic E-state index is 12.4. The summed E-state index contributed by atoms with van der Waals surface area (Å²) in [6.45, 7) is 4.66. The first-order valence-corrected chi connectivity index (χ1v) is 8.29. The fourth-order valence-corrected chi connectivity index (χ4v) is 4.20. The lowest BCUT2D eigenvalue weighted by molar-refractivity contribution is 0.349. The van der Waals surface area contributed by atoms with E-state index in [9.17, 15) is 8.42 Å². The Hall–Kier alpha value is -0.620. The zero-order valence-corrected chi connectivity index (χ0v) is 12.7. The predicted molar refractivity (Wildman–Crippen MR) is 77.0 cm³/mol. The topological polar surface area (TPSA) is 58.2 Å². The first-order chi connectivity index (χ1) is 8.92. The summed E-state index contributed by atoms with van der Waals surface area (Å²) in [4.78, 5) is 0.262. The Morgan fingerprint density at radius 2 is 2.16 bits per heavy atom. The van der Waals surface area contributed by atoms with E-state index >= 15 is 0 Å². The SMILES string of the molecule is Cc1c(Cl)cccc1S(=O)(=O)NC1CCCNC1C. The minimum atomic E-state index is -3.52. The van der Waals surface area contributed by atoms with Crippen LogP contribution in [0.3, 0.4) is 0 Å². The molecule has 2 N–H and O–H groups in total. The van der Waals surface area contributed by atoms with Crippen molar-refractivity contribution in [1.82, 2.24) is 10.0 Å². The van der Waals surface area contributed by atoms with Crippen molar-refractivity contribution in [1.29, 1.82) is 0 Å². The van der Waals surface area contributed by atoms with Gasteiger partial charge in [0.15, 0.2) is 0 Å². The van der Waals surface area contributed by atoms with Crippen molar-refractivity contribution >= 4 is 21.6 Å². The third-order valence-electron chi connectivity index (χ3n) is 3.58. The second kappa shape index (κ2) is 5.79. The summed E-state index contributed by atoms with van der Waals surface area (Å²) in [5.74, 6) is 0. The molecule has 1 heterocycles. The van der Waals surface area contributed by atoms with Gasteiger partial charge in [-0.25, -0.2) is 13.1 Å². The molecular formula is C13H19ClN2O2S. The number of rotatable bonds is 3. The largest absolute Gasteiger partial charge is 0.313 e. The molecular weight excluding hydrogens is 284 g/mol. The lowest BCUT2D eigenvalue weighted by atomic mass is 10.0. The molecule has 1 aromatic rings. The number of halogens is 1. The maximum absolute atomic E-state index is 12.4. The second-order valence-corrected chi connectivity index (χ2v) is 7.07. The van der Waals surface area contributed by atoms with Gasteiger partial charge in [0.05, 0.1) is 4.90 Å². The fraction of sp³-hybridized carbons (Fsp3) is 0.538. The van der Waals surface area contributed by atoms with Crippen molar-refractivity contribution < 1.29 is 8.42 Å². The van der Waals surface area contributed by atoms with E-state index in [0.29, 0.717) is 10.6 Å². The van der Waals surface area contributed by atoms with Crippen LogP contribution in [0, 0.1) is 6.92 Å². The highest BCUT2D eigenvalue weighted by Crippen LogP contribution is 2.23. The van der Waals surface area contributed by atoms with Gasteiger partial charge in [-0.15, -0.1) is 0 Å². The smallest absolute Gasteiger partial charge is 0.241 e. The lowest BCUT2D eigenvalue weighted by Gasteiger charge is -2.30. The van der Waals surface area contributed by atoms with Gasteiger partial charge in [-0.3, -0.25) is 0 Å². The van der Waals surface area contributed by atoms with Gasteiger partial charge in [-0.1, -0.05) is 17.7 Å². The van der Waals surface area contributed by atoms with Crippen LogP contribution in [0.1, 0.15) is 25.3 Å². The number of sulfonamides is 1. The molecule has 0 radical (unpaired) electrons. The molecule has 0 aromatic heterocycles. The van der Waals surface area contributed by atoms with E-state index in [1.807, 2.05) is 6.92 Å². The van der Waals surface area contributed by atoms with Crippen molar-refractivity contribution in [3.8, 4) is 0 Å². The Kier molecular flexibility index (Phi) is 4.50. The van der Waals surface area contributed by atoms with E-state index in [1.54, 1.807) is 25.1 Å². The quantitative estimate of drug-likeness (QED) is 0.898. The third kappa shape index (κ3) is 3.28. The number of hydrogen-bond donors (Lipinski definition) is 2. The molecule has 0 aliphatic carbocycles. The lowest BCUT2D eigenvalue weighted by Crippen LogP contribution is -2.51. The molecule has 2 atom stereocenters. The van der Waals surface area contributed by atoms with Crippen molar-refractivity contribution in [2.75, 3.05) is 6.54 Å². The highest BCUT2D eigenvalue weighted by atomic mass is 35.5. The average Bonchev–Trinajstić information content (AvgIpc) is 2.35. The van der Waals surface area contributed by atoms with Gasteiger partial charge in [0, 0.05) is 17.1 Å². The minimum absolute atomic E-state index is 0.0721. The van der Waals surface area contributed by atoms with Crippen molar-refractivity contribution in [2.45, 2.75) is 43.7 Å². The molecule has 1 aromatic carbocycles. The fourth-order valence-electron chi connectivity index (χ4n) is 2.35. The first-order valence-electron chi connectivity index (χ1n) is 6.42. The number of nitrogens with one attached hydrogen (secondary N) is 2. The molecule has 0 amide bonds. The highest BCUT2D eigenvalue weighted by Gasteiger charge is 2.27. The van der Waals surface area contributed by atoms with E-state index in [2.05, 4.69) is 10.0 Å². The molecule has 0 spiro atoms. The standard InChI is InChI=1S/C13H19ClN2O2S/c1-9-11(14)5-3-7-13(9)19(17,18)16-12-6-4-8-15-10(12)2/h3,5,7,10,12,15-16H,4,6,8H2,1-2H3. The van der Waals surface area contributed by atoms with E-state index in [0.717, 1.165) is 19.4 Å². The highest BCUT2D eigenvalue weighted by molar-refractivity contribution is 7.89. The third-order valence-corrected chi connectivity index (χ3v) is 5.62. The van der Waals surface area contributed by atoms with Gasteiger partial charge in [-0.2, -0.15) is 0 Å². The summed E-state index contributed by atoms with van der Waals surface area (Å²) in [6, 6.07) is 5.01. The molecule has 0 saturated carbocycles. The summed E-state index contributed by atoms with van der Waals surface area (Å²) in [5.41, 5.74) is 0.591. The van der Waals surface area contributed by atoms with Crippen LogP contribution in [0.25, 0.3) is 0 Å². The van der Waals surface area contributed by atoms with Gasteiger partial charge < -0.3 is 5.32 Å². The molecule has 1 aliphatic rings. The van der Waals surface area contributed by atoms with Gasteiger partial charge in [0.1, 0.15) is 0 Å². The Morgan fingerprint density at radius 1 is 1.42 bits per heavy atom. The van der Waals surface area contributed by atoms with Crippen molar-refractivity contribution in [3.05, 3.63) is 28.8 Å². The Morgan fingerprint density at radius 3 is 2.84 bits per heavy atom. The molecule has 2 rings (SSSR count). The van der Waals surface area contributed by atoms with Gasteiger partial charge >= 0.3 is 0 Å². The van der Waals surface area contributed by atoms with Crippen LogP contribution in [0.2, 0.25) is 5.02 Å². The molecule has 1 fully saturated rings. The van der Waals surface area contributed by atoms with Gasteiger partial charge in [0.2, 0.25) is 10.0 Å². The zero-order chi connectivity index (χ0) is 14.0.